The molecule has 5 nitrogen and oxygen atoms in total. The number of hydrogen-bond donors (Lipinski definition) is 0. The molecule has 0 unspecified atom stereocenters. The lowest BCUT2D eigenvalue weighted by molar-refractivity contribution is 0.0994. The van der Waals surface area contributed by atoms with Gasteiger partial charge in [0.05, 0.1) is 18.3 Å². The minimum absolute atomic E-state index is 0.0634. The molecule has 0 spiro atoms. The summed E-state index contributed by atoms with van der Waals surface area (Å²) in [6, 6.07) is 17.4. The fraction of sp³-hybridized carbons (Fsp3) is 0.375. The van der Waals surface area contributed by atoms with Gasteiger partial charge >= 0.3 is 0 Å². The average Bonchev–Trinajstić information content (AvgIpc) is 3.16. The smallest absolute Gasteiger partial charge is 0.192 e. The largest absolute Gasteiger partial charge is 0.300 e. The minimum Gasteiger partial charge on any atom is -0.300 e. The molecule has 0 amide bonds. The number of aromatic nitrogens is 3. The van der Waals surface area contributed by atoms with Crippen LogP contribution in [0, 0.1) is 0 Å². The Kier molecular flexibility index (Phi) is 7.43. The van der Waals surface area contributed by atoms with Crippen molar-refractivity contribution in [2.75, 3.05) is 13.1 Å². The van der Waals surface area contributed by atoms with Gasteiger partial charge in [-0.15, -0.1) is 10.2 Å². The molecule has 162 valence electrons. The van der Waals surface area contributed by atoms with E-state index in [1.54, 1.807) is 24.3 Å². The third-order valence-corrected chi connectivity index (χ3v) is 6.90. The zero-order valence-corrected chi connectivity index (χ0v) is 19.3. The molecule has 2 aromatic carbocycles. The Labute approximate surface area is 192 Å². The third-order valence-electron chi connectivity index (χ3n) is 5.57. The lowest BCUT2D eigenvalue weighted by atomic mass is 10.1. The molecule has 0 N–H and O–H groups in total. The van der Waals surface area contributed by atoms with E-state index >= 15 is 0 Å². The number of ketones is 1. The molecule has 0 bridgehead atoms. The number of hydrogen-bond acceptors (Lipinski definition) is 5. The molecule has 7 heteroatoms. The second kappa shape index (κ2) is 10.4. The minimum atomic E-state index is -0.275. The van der Waals surface area contributed by atoms with Crippen LogP contribution in [0.15, 0.2) is 59.8 Å². The first-order valence-corrected chi connectivity index (χ1v) is 12.0. The van der Waals surface area contributed by atoms with E-state index in [1.807, 2.05) is 25.1 Å². The monoisotopic (exact) mass is 454 g/mol. The number of likely N-dealkylation sites (tertiary alicyclic amines) is 1. The second-order valence-electron chi connectivity index (χ2n) is 7.94. The molecule has 1 aliphatic rings. The molecule has 3 aromatic rings. The van der Waals surface area contributed by atoms with Crippen LogP contribution < -0.4 is 0 Å². The summed E-state index contributed by atoms with van der Waals surface area (Å²) in [5, 5.41) is 10.1. The first-order chi connectivity index (χ1) is 15.1. The van der Waals surface area contributed by atoms with Gasteiger partial charge in [0, 0.05) is 10.6 Å². The Hall–Kier alpha value is -2.15. The van der Waals surface area contributed by atoms with Crippen LogP contribution in [0.25, 0.3) is 0 Å². The Morgan fingerprint density at radius 3 is 2.42 bits per heavy atom. The maximum atomic E-state index is 12.9. The van der Waals surface area contributed by atoms with Gasteiger partial charge in [-0.2, -0.15) is 0 Å². The molecule has 0 radical (unpaired) electrons. The van der Waals surface area contributed by atoms with Crippen molar-refractivity contribution in [2.45, 2.75) is 49.7 Å². The zero-order chi connectivity index (χ0) is 21.6. The summed E-state index contributed by atoms with van der Waals surface area (Å²) in [6.45, 7) is 5.62. The van der Waals surface area contributed by atoms with E-state index in [0.717, 1.165) is 30.6 Å². The summed E-state index contributed by atoms with van der Waals surface area (Å²) in [5.41, 5.74) is 1.85. The molecule has 1 saturated heterocycles. The molecule has 1 aromatic heterocycles. The van der Waals surface area contributed by atoms with Crippen LogP contribution in [0.2, 0.25) is 5.02 Å². The van der Waals surface area contributed by atoms with Crippen molar-refractivity contribution in [1.29, 1.82) is 0 Å². The summed E-state index contributed by atoms with van der Waals surface area (Å²) in [5.74, 6) is 1.02. The van der Waals surface area contributed by atoms with E-state index in [1.165, 1.54) is 36.6 Å². The fourth-order valence-electron chi connectivity index (χ4n) is 3.83. The van der Waals surface area contributed by atoms with Crippen LogP contribution in [0.3, 0.4) is 0 Å². The third kappa shape index (κ3) is 5.76. The van der Waals surface area contributed by atoms with E-state index in [0.29, 0.717) is 17.1 Å². The van der Waals surface area contributed by atoms with Crippen LogP contribution in [0.1, 0.15) is 47.9 Å². The van der Waals surface area contributed by atoms with Crippen molar-refractivity contribution in [2.24, 2.45) is 0 Å². The number of halogens is 1. The summed E-state index contributed by atoms with van der Waals surface area (Å²) in [7, 11) is 0. The van der Waals surface area contributed by atoms with Gasteiger partial charge in [0.15, 0.2) is 10.9 Å². The Morgan fingerprint density at radius 2 is 1.71 bits per heavy atom. The highest BCUT2D eigenvalue weighted by molar-refractivity contribution is 8.00. The molecule has 31 heavy (non-hydrogen) atoms. The van der Waals surface area contributed by atoms with Crippen LogP contribution in [0.5, 0.6) is 0 Å². The maximum absolute atomic E-state index is 12.9. The molecule has 1 fully saturated rings. The molecule has 1 atom stereocenters. The molecule has 4 rings (SSSR count). The quantitative estimate of drug-likeness (QED) is 0.340. The van der Waals surface area contributed by atoms with Gasteiger partial charge in [0.25, 0.3) is 0 Å². The van der Waals surface area contributed by atoms with E-state index in [9.17, 15) is 4.79 Å². The number of benzene rings is 2. The van der Waals surface area contributed by atoms with Crippen molar-refractivity contribution in [1.82, 2.24) is 19.7 Å². The number of nitrogens with zero attached hydrogens (tertiary/aromatic N) is 4. The molecular formula is C24H27ClN4OS. The van der Waals surface area contributed by atoms with Gasteiger partial charge in [-0.1, -0.05) is 60.1 Å². The molecular weight excluding hydrogens is 428 g/mol. The number of carbonyl (C=O) groups is 1. The maximum Gasteiger partial charge on any atom is 0.192 e. The normalized spacial score (nSPS) is 15.7. The molecule has 0 saturated carbocycles. The van der Waals surface area contributed by atoms with Crippen LogP contribution >= 0.6 is 23.4 Å². The van der Waals surface area contributed by atoms with E-state index in [2.05, 4.69) is 31.8 Å². The second-order valence-corrected chi connectivity index (χ2v) is 9.68. The van der Waals surface area contributed by atoms with Crippen LogP contribution in [0.4, 0.5) is 0 Å². The summed E-state index contributed by atoms with van der Waals surface area (Å²) < 4.78 is 2.17. The highest BCUT2D eigenvalue weighted by atomic mass is 35.5. The molecule has 1 aliphatic heterocycles. The van der Waals surface area contributed by atoms with Crippen LogP contribution in [-0.2, 0) is 13.1 Å². The Bertz CT molecular complexity index is 1000. The summed E-state index contributed by atoms with van der Waals surface area (Å²) in [4.78, 5) is 15.4. The highest BCUT2D eigenvalue weighted by Gasteiger charge is 2.23. The Balaban J connectivity index is 1.55. The van der Waals surface area contributed by atoms with Crippen LogP contribution in [-0.4, -0.2) is 43.8 Å². The van der Waals surface area contributed by atoms with Gasteiger partial charge in [-0.25, -0.2) is 0 Å². The van der Waals surface area contributed by atoms with Gasteiger partial charge in [-0.05, 0) is 62.7 Å². The number of piperidine rings is 1. The van der Waals surface area contributed by atoms with Crippen molar-refractivity contribution in [3.8, 4) is 0 Å². The number of rotatable bonds is 8. The van der Waals surface area contributed by atoms with Crippen molar-refractivity contribution in [3.05, 3.63) is 76.6 Å². The van der Waals surface area contributed by atoms with Gasteiger partial charge in [0.2, 0.25) is 0 Å². The van der Waals surface area contributed by atoms with Gasteiger partial charge < -0.3 is 4.57 Å². The molecule has 2 heterocycles. The summed E-state index contributed by atoms with van der Waals surface area (Å²) >= 11 is 7.43. The first kappa shape index (κ1) is 22.1. The van der Waals surface area contributed by atoms with Crippen molar-refractivity contribution >= 4 is 29.1 Å². The SMILES string of the molecule is C[C@@H](Sc1nnc(CN2CCCCC2)n1Cc1ccccc1)C(=O)c1ccc(Cl)cc1. The predicted octanol–water partition coefficient (Wildman–Crippen LogP) is 5.33. The lowest BCUT2D eigenvalue weighted by Gasteiger charge is -2.26. The van der Waals surface area contributed by atoms with E-state index < -0.39 is 0 Å². The lowest BCUT2D eigenvalue weighted by Crippen LogP contribution is -2.30. The summed E-state index contributed by atoms with van der Waals surface area (Å²) in [6.07, 6.45) is 3.78. The fourth-order valence-corrected chi connectivity index (χ4v) is 4.90. The number of Topliss-reactive ketones (excluding diaryl/α,β-unsaturated/α-hetero) is 1. The topological polar surface area (TPSA) is 51.0 Å². The highest BCUT2D eigenvalue weighted by Crippen LogP contribution is 2.27. The van der Waals surface area contributed by atoms with Gasteiger partial charge in [0.1, 0.15) is 5.82 Å². The first-order valence-electron chi connectivity index (χ1n) is 10.7. The Morgan fingerprint density at radius 1 is 1.00 bits per heavy atom. The average molecular weight is 455 g/mol. The van der Waals surface area contributed by atoms with Crippen molar-refractivity contribution in [3.63, 3.8) is 0 Å². The standard InChI is InChI=1S/C24H27ClN4OS/c1-18(23(30)20-10-12-21(25)13-11-20)31-24-27-26-22(17-28-14-6-3-7-15-28)29(24)16-19-8-4-2-5-9-19/h2,4-5,8-13,18H,3,6-7,14-17H2,1H3/t18-/m1/s1. The zero-order valence-electron chi connectivity index (χ0n) is 17.7. The molecule has 0 aliphatic carbocycles. The van der Waals surface area contributed by atoms with Crippen molar-refractivity contribution < 1.29 is 4.79 Å². The van der Waals surface area contributed by atoms with Gasteiger partial charge in [-0.3, -0.25) is 9.69 Å². The predicted molar refractivity (Wildman–Crippen MR) is 126 cm³/mol. The van der Waals surface area contributed by atoms with E-state index in [4.69, 9.17) is 11.6 Å². The number of carbonyl (C=O) groups excluding carboxylic acids is 1. The number of thioether (sulfide) groups is 1. The van der Waals surface area contributed by atoms with E-state index in [-0.39, 0.29) is 11.0 Å².